The number of hydrogen-bond donors (Lipinski definition) is 0. The Morgan fingerprint density at radius 1 is 1.33 bits per heavy atom. The summed E-state index contributed by atoms with van der Waals surface area (Å²) in [6, 6.07) is 4.90. The lowest BCUT2D eigenvalue weighted by atomic mass is 10.1. The molecule has 1 aliphatic heterocycles. The molecule has 0 N–H and O–H groups in total. The number of nitrogens with zero attached hydrogens (tertiary/aromatic N) is 5. The molecule has 0 aromatic carbocycles. The van der Waals surface area contributed by atoms with Gasteiger partial charge in [0, 0.05) is 31.5 Å². The number of amides is 1. The van der Waals surface area contributed by atoms with E-state index in [-0.39, 0.29) is 23.6 Å². The lowest BCUT2D eigenvalue weighted by Crippen LogP contribution is -2.51. The van der Waals surface area contributed by atoms with Gasteiger partial charge in [-0.05, 0) is 26.0 Å². The third-order valence-electron chi connectivity index (χ3n) is 3.58. The SMILES string of the molecule is CC(C)n1nc(C(=O)N2CC(n3cccn3)C2)ccc1=O. The molecule has 3 heterocycles. The van der Waals surface area contributed by atoms with E-state index in [0.29, 0.717) is 18.8 Å². The third kappa shape index (κ3) is 2.46. The molecule has 2 aromatic rings. The van der Waals surface area contributed by atoms with E-state index < -0.39 is 0 Å². The largest absolute Gasteiger partial charge is 0.333 e. The molecular formula is C14H17N5O2. The van der Waals surface area contributed by atoms with Gasteiger partial charge in [0.1, 0.15) is 5.69 Å². The summed E-state index contributed by atoms with van der Waals surface area (Å²) in [6.07, 6.45) is 3.62. The molecule has 3 rings (SSSR count). The number of carbonyl (C=O) groups is 1. The van der Waals surface area contributed by atoms with Gasteiger partial charge in [0.2, 0.25) is 0 Å². The summed E-state index contributed by atoms with van der Waals surface area (Å²) in [7, 11) is 0. The van der Waals surface area contributed by atoms with Gasteiger partial charge < -0.3 is 4.90 Å². The summed E-state index contributed by atoms with van der Waals surface area (Å²) >= 11 is 0. The maximum Gasteiger partial charge on any atom is 0.274 e. The Kier molecular flexibility index (Phi) is 3.32. The molecule has 7 nitrogen and oxygen atoms in total. The van der Waals surface area contributed by atoms with E-state index in [1.807, 2.05) is 30.8 Å². The van der Waals surface area contributed by atoms with Crippen LogP contribution >= 0.6 is 0 Å². The first-order valence-corrected chi connectivity index (χ1v) is 6.94. The molecule has 0 unspecified atom stereocenters. The minimum atomic E-state index is -0.195. The van der Waals surface area contributed by atoms with Crippen molar-refractivity contribution in [2.24, 2.45) is 0 Å². The number of aromatic nitrogens is 4. The molecule has 0 aliphatic carbocycles. The first-order valence-electron chi connectivity index (χ1n) is 6.94. The lowest BCUT2D eigenvalue weighted by molar-refractivity contribution is 0.0492. The monoisotopic (exact) mass is 287 g/mol. The molecule has 1 aliphatic rings. The van der Waals surface area contributed by atoms with Crippen LogP contribution in [0.2, 0.25) is 0 Å². The molecule has 1 saturated heterocycles. The maximum absolute atomic E-state index is 12.3. The van der Waals surface area contributed by atoms with Crippen molar-refractivity contribution >= 4 is 5.91 Å². The summed E-state index contributed by atoms with van der Waals surface area (Å²) in [5, 5.41) is 8.32. The molecule has 7 heteroatoms. The highest BCUT2D eigenvalue weighted by atomic mass is 16.2. The highest BCUT2D eigenvalue weighted by molar-refractivity contribution is 5.92. The van der Waals surface area contributed by atoms with Crippen molar-refractivity contribution in [3.8, 4) is 0 Å². The summed E-state index contributed by atoms with van der Waals surface area (Å²) in [6.45, 7) is 4.95. The second-order valence-electron chi connectivity index (χ2n) is 5.45. The van der Waals surface area contributed by atoms with E-state index >= 15 is 0 Å². The summed E-state index contributed by atoms with van der Waals surface area (Å²) in [5.41, 5.74) is 0.113. The van der Waals surface area contributed by atoms with Gasteiger partial charge in [0.25, 0.3) is 11.5 Å². The Morgan fingerprint density at radius 2 is 2.10 bits per heavy atom. The summed E-state index contributed by atoms with van der Waals surface area (Å²) in [4.78, 5) is 25.7. The van der Waals surface area contributed by atoms with Crippen LogP contribution < -0.4 is 5.56 Å². The minimum Gasteiger partial charge on any atom is -0.333 e. The van der Waals surface area contributed by atoms with Gasteiger partial charge in [-0.15, -0.1) is 0 Å². The van der Waals surface area contributed by atoms with Crippen molar-refractivity contribution in [1.82, 2.24) is 24.5 Å². The van der Waals surface area contributed by atoms with E-state index in [2.05, 4.69) is 10.2 Å². The van der Waals surface area contributed by atoms with Crippen LogP contribution in [0.4, 0.5) is 0 Å². The number of likely N-dealkylation sites (tertiary alicyclic amines) is 1. The molecule has 0 bridgehead atoms. The zero-order valence-electron chi connectivity index (χ0n) is 12.0. The summed E-state index contributed by atoms with van der Waals surface area (Å²) < 4.78 is 3.18. The molecule has 21 heavy (non-hydrogen) atoms. The Morgan fingerprint density at radius 3 is 2.71 bits per heavy atom. The molecule has 0 spiro atoms. The van der Waals surface area contributed by atoms with Crippen LogP contribution in [0, 0.1) is 0 Å². The zero-order valence-corrected chi connectivity index (χ0v) is 12.0. The van der Waals surface area contributed by atoms with E-state index in [0.717, 1.165) is 0 Å². The first-order chi connectivity index (χ1) is 10.1. The smallest absolute Gasteiger partial charge is 0.274 e. The van der Waals surface area contributed by atoms with Crippen LogP contribution in [-0.4, -0.2) is 43.5 Å². The maximum atomic E-state index is 12.3. The third-order valence-corrected chi connectivity index (χ3v) is 3.58. The Labute approximate surface area is 121 Å². The van der Waals surface area contributed by atoms with E-state index in [4.69, 9.17) is 0 Å². The Hall–Kier alpha value is -2.44. The first kappa shape index (κ1) is 13.5. The fourth-order valence-corrected chi connectivity index (χ4v) is 2.36. The van der Waals surface area contributed by atoms with Crippen LogP contribution in [0.15, 0.2) is 35.4 Å². The summed E-state index contributed by atoms with van der Waals surface area (Å²) in [5.74, 6) is -0.146. The van der Waals surface area contributed by atoms with Crippen LogP contribution in [-0.2, 0) is 0 Å². The van der Waals surface area contributed by atoms with Crippen molar-refractivity contribution in [2.45, 2.75) is 25.9 Å². The van der Waals surface area contributed by atoms with Crippen LogP contribution in [0.3, 0.4) is 0 Å². The van der Waals surface area contributed by atoms with Crippen LogP contribution in [0.25, 0.3) is 0 Å². The van der Waals surface area contributed by atoms with Gasteiger partial charge in [-0.2, -0.15) is 10.2 Å². The van der Waals surface area contributed by atoms with Crippen molar-refractivity contribution in [2.75, 3.05) is 13.1 Å². The van der Waals surface area contributed by atoms with Gasteiger partial charge in [0.05, 0.1) is 12.1 Å². The molecule has 0 radical (unpaired) electrons. The normalized spacial score (nSPS) is 15.3. The van der Waals surface area contributed by atoms with E-state index in [1.165, 1.54) is 16.8 Å². The standard InChI is InChI=1S/C14H17N5O2/c1-10(2)19-13(20)5-4-12(16-19)14(21)17-8-11(9-17)18-7-3-6-15-18/h3-7,10-11H,8-9H2,1-2H3. The van der Waals surface area contributed by atoms with Gasteiger partial charge in [-0.25, -0.2) is 4.68 Å². The molecule has 110 valence electrons. The zero-order chi connectivity index (χ0) is 15.0. The van der Waals surface area contributed by atoms with Gasteiger partial charge in [-0.3, -0.25) is 14.3 Å². The second kappa shape index (κ2) is 5.16. The van der Waals surface area contributed by atoms with Crippen molar-refractivity contribution < 1.29 is 4.79 Å². The molecule has 2 aromatic heterocycles. The predicted molar refractivity (Wildman–Crippen MR) is 76.0 cm³/mol. The van der Waals surface area contributed by atoms with Gasteiger partial charge in [0.15, 0.2) is 0 Å². The molecule has 0 saturated carbocycles. The second-order valence-corrected chi connectivity index (χ2v) is 5.45. The Balaban J connectivity index is 1.72. The van der Waals surface area contributed by atoms with Gasteiger partial charge in [-0.1, -0.05) is 0 Å². The van der Waals surface area contributed by atoms with Crippen molar-refractivity contribution in [1.29, 1.82) is 0 Å². The van der Waals surface area contributed by atoms with Gasteiger partial charge >= 0.3 is 0 Å². The Bertz CT molecular complexity index is 698. The average molecular weight is 287 g/mol. The fraction of sp³-hybridized carbons (Fsp3) is 0.429. The van der Waals surface area contributed by atoms with E-state index in [1.54, 1.807) is 11.1 Å². The minimum absolute atomic E-state index is 0.0709. The number of rotatable bonds is 3. The van der Waals surface area contributed by atoms with Crippen molar-refractivity contribution in [3.63, 3.8) is 0 Å². The number of hydrogen-bond acceptors (Lipinski definition) is 4. The highest BCUT2D eigenvalue weighted by Gasteiger charge is 2.33. The molecule has 1 fully saturated rings. The van der Waals surface area contributed by atoms with Crippen molar-refractivity contribution in [3.05, 3.63) is 46.6 Å². The quantitative estimate of drug-likeness (QED) is 0.833. The lowest BCUT2D eigenvalue weighted by Gasteiger charge is -2.38. The van der Waals surface area contributed by atoms with Crippen LogP contribution in [0.5, 0.6) is 0 Å². The molecule has 0 atom stereocenters. The molecule has 1 amide bonds. The van der Waals surface area contributed by atoms with Crippen LogP contribution in [0.1, 0.15) is 36.4 Å². The fourth-order valence-electron chi connectivity index (χ4n) is 2.36. The topological polar surface area (TPSA) is 73.0 Å². The average Bonchev–Trinajstić information content (AvgIpc) is 2.90. The van der Waals surface area contributed by atoms with E-state index in [9.17, 15) is 9.59 Å². The highest BCUT2D eigenvalue weighted by Crippen LogP contribution is 2.21. The number of carbonyl (C=O) groups excluding carboxylic acids is 1. The molecular weight excluding hydrogens is 270 g/mol. The predicted octanol–water partition coefficient (Wildman–Crippen LogP) is 0.718.